The van der Waals surface area contributed by atoms with E-state index in [4.69, 9.17) is 10.5 Å². The Labute approximate surface area is 126 Å². The van der Waals surface area contributed by atoms with Crippen LogP contribution in [0.1, 0.15) is 24.9 Å². The lowest BCUT2D eigenvalue weighted by atomic mass is 10.0. The zero-order chi connectivity index (χ0) is 15.4. The van der Waals surface area contributed by atoms with Crippen LogP contribution in [0.15, 0.2) is 18.2 Å². The van der Waals surface area contributed by atoms with Gasteiger partial charge in [0.15, 0.2) is 11.6 Å². The van der Waals surface area contributed by atoms with E-state index in [1.165, 1.54) is 7.11 Å². The monoisotopic (exact) mass is 295 g/mol. The molecular formula is C16H26FN3O. The summed E-state index contributed by atoms with van der Waals surface area (Å²) in [7, 11) is 3.62. The number of nitrogens with zero attached hydrogens (tertiary/aromatic N) is 2. The molecule has 118 valence electrons. The molecule has 1 saturated heterocycles. The third kappa shape index (κ3) is 3.73. The molecule has 1 fully saturated rings. The molecule has 1 aromatic carbocycles. The minimum atomic E-state index is -0.326. The molecule has 0 aliphatic carbocycles. The maximum absolute atomic E-state index is 14.0. The van der Waals surface area contributed by atoms with Gasteiger partial charge < -0.3 is 15.4 Å². The van der Waals surface area contributed by atoms with Crippen molar-refractivity contribution in [2.75, 3.05) is 40.3 Å². The summed E-state index contributed by atoms with van der Waals surface area (Å²) >= 11 is 0. The van der Waals surface area contributed by atoms with Gasteiger partial charge in [-0.05, 0) is 44.6 Å². The molecule has 2 atom stereocenters. The number of ether oxygens (including phenoxy) is 1. The van der Waals surface area contributed by atoms with Gasteiger partial charge >= 0.3 is 0 Å². The summed E-state index contributed by atoms with van der Waals surface area (Å²) in [4.78, 5) is 4.73. The Morgan fingerprint density at radius 3 is 2.81 bits per heavy atom. The highest BCUT2D eigenvalue weighted by Crippen LogP contribution is 2.27. The first kappa shape index (κ1) is 16.2. The molecule has 1 aliphatic heterocycles. The van der Waals surface area contributed by atoms with Gasteiger partial charge in [-0.15, -0.1) is 0 Å². The number of likely N-dealkylation sites (N-methyl/N-ethyl adjacent to an activating group) is 1. The highest BCUT2D eigenvalue weighted by atomic mass is 19.1. The minimum absolute atomic E-state index is 0.0481. The summed E-state index contributed by atoms with van der Waals surface area (Å²) < 4.78 is 18.9. The molecule has 0 aromatic heterocycles. The second-order valence-electron chi connectivity index (χ2n) is 5.85. The predicted molar refractivity (Wildman–Crippen MR) is 83.0 cm³/mol. The fraction of sp³-hybridized carbons (Fsp3) is 0.625. The van der Waals surface area contributed by atoms with Crippen LogP contribution in [0.4, 0.5) is 4.39 Å². The second kappa shape index (κ2) is 7.20. The normalized spacial score (nSPS) is 22.8. The van der Waals surface area contributed by atoms with E-state index in [1.54, 1.807) is 12.1 Å². The van der Waals surface area contributed by atoms with Gasteiger partial charge in [0.1, 0.15) is 0 Å². The van der Waals surface area contributed by atoms with Crippen LogP contribution in [0.2, 0.25) is 0 Å². The molecule has 2 N–H and O–H groups in total. The third-order valence-corrected chi connectivity index (χ3v) is 4.28. The SMILES string of the molecule is COc1ccc(C(CN)N2CCCN(C)CC2C)cc1F. The van der Waals surface area contributed by atoms with Crippen LogP contribution in [0, 0.1) is 5.82 Å². The molecule has 0 saturated carbocycles. The second-order valence-corrected chi connectivity index (χ2v) is 5.85. The maximum atomic E-state index is 14.0. The number of rotatable bonds is 4. The molecule has 0 amide bonds. The van der Waals surface area contributed by atoms with Gasteiger partial charge in [-0.1, -0.05) is 6.07 Å². The molecule has 5 heteroatoms. The van der Waals surface area contributed by atoms with Crippen molar-refractivity contribution in [1.29, 1.82) is 0 Å². The molecule has 0 bridgehead atoms. The molecule has 1 aromatic rings. The van der Waals surface area contributed by atoms with E-state index < -0.39 is 0 Å². The number of benzene rings is 1. The summed E-state index contributed by atoms with van der Waals surface area (Å²) in [6, 6.07) is 5.60. The van der Waals surface area contributed by atoms with Crippen molar-refractivity contribution in [3.63, 3.8) is 0 Å². The van der Waals surface area contributed by atoms with E-state index in [1.807, 2.05) is 6.07 Å². The highest BCUT2D eigenvalue weighted by molar-refractivity contribution is 5.31. The molecular weight excluding hydrogens is 269 g/mol. The molecule has 1 heterocycles. The van der Waals surface area contributed by atoms with Gasteiger partial charge in [-0.3, -0.25) is 4.90 Å². The van der Waals surface area contributed by atoms with E-state index >= 15 is 0 Å². The topological polar surface area (TPSA) is 41.7 Å². The van der Waals surface area contributed by atoms with Gasteiger partial charge in [-0.2, -0.15) is 0 Å². The van der Waals surface area contributed by atoms with Crippen molar-refractivity contribution in [3.8, 4) is 5.75 Å². The number of methoxy groups -OCH3 is 1. The average molecular weight is 295 g/mol. The lowest BCUT2D eigenvalue weighted by Crippen LogP contribution is -2.43. The van der Waals surface area contributed by atoms with E-state index in [-0.39, 0.29) is 17.6 Å². The first-order valence-corrected chi connectivity index (χ1v) is 7.54. The number of halogens is 1. The van der Waals surface area contributed by atoms with Crippen molar-refractivity contribution in [2.24, 2.45) is 5.73 Å². The minimum Gasteiger partial charge on any atom is -0.494 e. The fourth-order valence-electron chi connectivity index (χ4n) is 3.21. The lowest BCUT2D eigenvalue weighted by molar-refractivity contribution is 0.146. The first-order chi connectivity index (χ1) is 10.1. The standard InChI is InChI=1S/C16H26FN3O/c1-12-11-19(2)7-4-8-20(12)15(10-18)13-5-6-16(21-3)14(17)9-13/h5-6,9,12,15H,4,7-8,10-11,18H2,1-3H3. The van der Waals surface area contributed by atoms with Crippen molar-refractivity contribution >= 4 is 0 Å². The smallest absolute Gasteiger partial charge is 0.165 e. The van der Waals surface area contributed by atoms with E-state index in [9.17, 15) is 4.39 Å². The van der Waals surface area contributed by atoms with E-state index in [2.05, 4.69) is 23.8 Å². The van der Waals surface area contributed by atoms with E-state index in [0.29, 0.717) is 12.6 Å². The van der Waals surface area contributed by atoms with Gasteiger partial charge in [0.05, 0.1) is 7.11 Å². The number of hydrogen-bond acceptors (Lipinski definition) is 4. The van der Waals surface area contributed by atoms with Crippen molar-refractivity contribution in [2.45, 2.75) is 25.4 Å². The highest BCUT2D eigenvalue weighted by Gasteiger charge is 2.27. The fourth-order valence-corrected chi connectivity index (χ4v) is 3.21. The van der Waals surface area contributed by atoms with Crippen LogP contribution < -0.4 is 10.5 Å². The molecule has 21 heavy (non-hydrogen) atoms. The van der Waals surface area contributed by atoms with Crippen LogP contribution in [-0.2, 0) is 0 Å². The largest absolute Gasteiger partial charge is 0.494 e. The summed E-state index contributed by atoms with van der Waals surface area (Å²) in [5, 5.41) is 0. The molecule has 0 radical (unpaired) electrons. The van der Waals surface area contributed by atoms with Gasteiger partial charge in [0.25, 0.3) is 0 Å². The van der Waals surface area contributed by atoms with Crippen molar-refractivity contribution in [1.82, 2.24) is 9.80 Å². The van der Waals surface area contributed by atoms with E-state index in [0.717, 1.165) is 31.6 Å². The molecule has 1 aliphatic rings. The van der Waals surface area contributed by atoms with Gasteiger partial charge in [0, 0.05) is 31.7 Å². The molecule has 2 rings (SSSR count). The zero-order valence-electron chi connectivity index (χ0n) is 13.2. The Morgan fingerprint density at radius 2 is 2.19 bits per heavy atom. The Kier molecular flexibility index (Phi) is 5.56. The van der Waals surface area contributed by atoms with Crippen LogP contribution in [0.25, 0.3) is 0 Å². The van der Waals surface area contributed by atoms with Crippen molar-refractivity contribution < 1.29 is 9.13 Å². The zero-order valence-corrected chi connectivity index (χ0v) is 13.2. The van der Waals surface area contributed by atoms with Gasteiger partial charge in [-0.25, -0.2) is 4.39 Å². The van der Waals surface area contributed by atoms with Crippen LogP contribution in [0.3, 0.4) is 0 Å². The molecule has 0 spiro atoms. The lowest BCUT2D eigenvalue weighted by Gasteiger charge is -2.35. The Bertz CT molecular complexity index is 469. The average Bonchev–Trinajstić information content (AvgIpc) is 2.61. The summed E-state index contributed by atoms with van der Waals surface area (Å²) in [6.07, 6.45) is 1.11. The number of hydrogen-bond donors (Lipinski definition) is 1. The number of nitrogens with two attached hydrogens (primary N) is 1. The Morgan fingerprint density at radius 1 is 1.43 bits per heavy atom. The quantitative estimate of drug-likeness (QED) is 0.920. The predicted octanol–water partition coefficient (Wildman–Crippen LogP) is 1.86. The Balaban J connectivity index is 2.23. The van der Waals surface area contributed by atoms with Gasteiger partial charge in [0.2, 0.25) is 0 Å². The molecule has 2 unspecified atom stereocenters. The summed E-state index contributed by atoms with van der Waals surface area (Å²) in [5.74, 6) is -0.0498. The first-order valence-electron chi connectivity index (χ1n) is 7.54. The maximum Gasteiger partial charge on any atom is 0.165 e. The summed E-state index contributed by atoms with van der Waals surface area (Å²) in [5.41, 5.74) is 6.92. The van der Waals surface area contributed by atoms with Crippen molar-refractivity contribution in [3.05, 3.63) is 29.6 Å². The molecule has 4 nitrogen and oxygen atoms in total. The van der Waals surface area contributed by atoms with Crippen LogP contribution in [-0.4, -0.2) is 56.2 Å². The van der Waals surface area contributed by atoms with Crippen LogP contribution in [0.5, 0.6) is 5.75 Å². The van der Waals surface area contributed by atoms with Crippen LogP contribution >= 0.6 is 0 Å². The third-order valence-electron chi connectivity index (χ3n) is 4.28. The summed E-state index contributed by atoms with van der Waals surface area (Å²) in [6.45, 7) is 5.79. The Hall–Kier alpha value is -1.17.